The number of methoxy groups -OCH3 is 1. The van der Waals surface area contributed by atoms with Gasteiger partial charge in [0.1, 0.15) is 12.5 Å². The average molecular weight is 909 g/mol. The summed E-state index contributed by atoms with van der Waals surface area (Å²) in [6.45, 7) is 21.5. The molecule has 0 radical (unpaired) electrons. The van der Waals surface area contributed by atoms with Crippen LogP contribution in [0.2, 0.25) is 0 Å². The predicted molar refractivity (Wildman–Crippen MR) is 264 cm³/mol. The molecule has 8 bridgehead atoms. The number of Topliss-reactive ketones (excluding diaryl/α,β-unsaturated/α-hetero) is 1. The highest BCUT2D eigenvalue weighted by molar-refractivity contribution is 6.24. The molecule has 0 spiro atoms. The summed E-state index contributed by atoms with van der Waals surface area (Å²) >= 11 is 0. The van der Waals surface area contributed by atoms with E-state index in [4.69, 9.17) is 9.47 Å². The predicted octanol–water partition coefficient (Wildman–Crippen LogP) is 11.2. The normalized spacial score (nSPS) is 26.2. The van der Waals surface area contributed by atoms with Gasteiger partial charge in [0.25, 0.3) is 0 Å². The first kappa shape index (κ1) is 50.8. The van der Waals surface area contributed by atoms with Gasteiger partial charge in [-0.25, -0.2) is 0 Å². The third-order valence-corrected chi connectivity index (χ3v) is 15.2. The van der Waals surface area contributed by atoms with Gasteiger partial charge < -0.3 is 40.3 Å². The van der Waals surface area contributed by atoms with Crippen LogP contribution < -0.4 is 10.6 Å². The number of aromatic amines is 2. The van der Waals surface area contributed by atoms with Crippen molar-refractivity contribution in [2.75, 3.05) is 20.3 Å². The summed E-state index contributed by atoms with van der Waals surface area (Å²) in [5.74, 6) is -0.834. The lowest BCUT2D eigenvalue weighted by Crippen LogP contribution is -2.25. The Bertz CT molecular complexity index is 2250. The van der Waals surface area contributed by atoms with E-state index >= 15 is 0 Å². The molecule has 66 heavy (non-hydrogen) atoms. The molecule has 6 N–H and O–H groups in total. The average Bonchev–Trinajstić information content (AvgIpc) is 4.02. The number of carbonyl (C=O) groups excluding carboxylic acids is 3. The highest BCUT2D eigenvalue weighted by Crippen LogP contribution is 2.49. The van der Waals surface area contributed by atoms with E-state index in [9.17, 15) is 24.6 Å². The monoisotopic (exact) mass is 909 g/mol. The number of aromatic nitrogens is 2. The fraction of sp³-hybridized carbons (Fsp3) is 0.618. The van der Waals surface area contributed by atoms with E-state index < -0.39 is 18.0 Å². The van der Waals surface area contributed by atoms with Gasteiger partial charge in [0, 0.05) is 86.7 Å². The van der Waals surface area contributed by atoms with Crippen molar-refractivity contribution in [3.05, 3.63) is 79.5 Å². The lowest BCUT2D eigenvalue weighted by Gasteiger charge is -2.19. The van der Waals surface area contributed by atoms with Crippen molar-refractivity contribution >= 4 is 41.5 Å². The molecule has 0 amide bonds. The standard InChI is InChI=1S/C55H80N4O7/c1-12-38-40(29-60)45-28-46-48(37(10)61)35(8)42(56-46)26-41-34(7)39(52(58-41)50-51(55(64)65-11)54(63)49-36(9)43(59-53(49)50)27-44(38)57-45)22-23-47(62)66-25-24-33(6)21-15-20-32(5)19-14-18-31(4)17-13-16-30(2)3/h24,26-28,30-32,34,37-40,51,56-61H,12-23,25,29H2,1-11H3/b33-24+,41-26-,44-27+,45-28-,52-50-/t31-,32-,34+,37?,38-,39+,40-,51-/m1/s1. The second-order valence-corrected chi connectivity index (χ2v) is 20.6. The maximum absolute atomic E-state index is 14.4. The fourth-order valence-corrected chi connectivity index (χ4v) is 11.1. The molecule has 2 aromatic rings. The number of carbonyl (C=O) groups is 3. The van der Waals surface area contributed by atoms with Crippen LogP contribution in [0.4, 0.5) is 0 Å². The molecule has 0 saturated carbocycles. The molecule has 0 aromatic carbocycles. The number of fused-ring (bicyclic) bond motifs is 7. The van der Waals surface area contributed by atoms with Gasteiger partial charge in [-0.05, 0) is 107 Å². The van der Waals surface area contributed by atoms with Crippen LogP contribution >= 0.6 is 0 Å². The van der Waals surface area contributed by atoms with Gasteiger partial charge in [0.15, 0.2) is 5.78 Å². The van der Waals surface area contributed by atoms with Crippen molar-refractivity contribution in [3.8, 4) is 0 Å². The first-order chi connectivity index (χ1) is 31.5. The Morgan fingerprint density at radius 2 is 1.42 bits per heavy atom. The van der Waals surface area contributed by atoms with E-state index in [2.05, 4.69) is 69.1 Å². The summed E-state index contributed by atoms with van der Waals surface area (Å²) in [5, 5.41) is 29.1. The molecule has 1 unspecified atom stereocenters. The van der Waals surface area contributed by atoms with Crippen molar-refractivity contribution in [1.82, 2.24) is 20.6 Å². The van der Waals surface area contributed by atoms with Crippen molar-refractivity contribution in [2.45, 2.75) is 152 Å². The Hall–Kier alpha value is -4.61. The number of ketones is 1. The largest absolute Gasteiger partial charge is 0.468 e. The molecule has 2 saturated heterocycles. The van der Waals surface area contributed by atoms with E-state index in [-0.39, 0.29) is 55.1 Å². The molecule has 2 fully saturated rings. The van der Waals surface area contributed by atoms with Crippen LogP contribution in [-0.4, -0.2) is 58.2 Å². The number of hydrogen-bond acceptors (Lipinski definition) is 9. The molecule has 362 valence electrons. The minimum absolute atomic E-state index is 0.0349. The second-order valence-electron chi connectivity index (χ2n) is 20.6. The topological polar surface area (TPSA) is 166 Å². The third kappa shape index (κ3) is 11.2. The highest BCUT2D eigenvalue weighted by atomic mass is 16.5. The Labute approximate surface area is 394 Å². The lowest BCUT2D eigenvalue weighted by atomic mass is 9.85. The number of allylic oxidation sites excluding steroid dienone is 4. The van der Waals surface area contributed by atoms with Crippen molar-refractivity contribution in [2.24, 2.45) is 47.3 Å². The summed E-state index contributed by atoms with van der Waals surface area (Å²) in [7, 11) is 1.30. The zero-order valence-electron chi connectivity index (χ0n) is 41.8. The Morgan fingerprint density at radius 1 is 0.803 bits per heavy atom. The first-order valence-corrected chi connectivity index (χ1v) is 25.1. The van der Waals surface area contributed by atoms with Gasteiger partial charge in [-0.15, -0.1) is 0 Å². The molecule has 11 heteroatoms. The molecule has 5 heterocycles. The number of ether oxygens (including phenoxy) is 2. The third-order valence-electron chi connectivity index (χ3n) is 15.2. The van der Waals surface area contributed by atoms with Gasteiger partial charge >= 0.3 is 11.9 Å². The summed E-state index contributed by atoms with van der Waals surface area (Å²) in [6, 6.07) is 0. The van der Waals surface area contributed by atoms with Crippen molar-refractivity contribution < 1.29 is 34.1 Å². The number of nitrogens with one attached hydrogen (secondary N) is 4. The van der Waals surface area contributed by atoms with E-state index in [0.717, 1.165) is 82.0 Å². The molecule has 8 atom stereocenters. The van der Waals surface area contributed by atoms with Gasteiger partial charge in [-0.1, -0.05) is 92.1 Å². The fourth-order valence-electron chi connectivity index (χ4n) is 11.1. The van der Waals surface area contributed by atoms with E-state index in [0.29, 0.717) is 34.9 Å². The van der Waals surface area contributed by atoms with E-state index in [1.54, 1.807) is 6.92 Å². The van der Waals surface area contributed by atoms with Crippen molar-refractivity contribution in [3.63, 3.8) is 0 Å². The summed E-state index contributed by atoms with van der Waals surface area (Å²) in [6.07, 6.45) is 19.8. The van der Waals surface area contributed by atoms with Gasteiger partial charge in [0.05, 0.1) is 25.5 Å². The maximum atomic E-state index is 14.4. The molecule has 6 rings (SSSR count). The van der Waals surface area contributed by atoms with Gasteiger partial charge in [-0.3, -0.25) is 14.4 Å². The summed E-state index contributed by atoms with van der Waals surface area (Å²) in [4.78, 5) is 48.7. The molecule has 2 aromatic heterocycles. The molecule has 3 aliphatic heterocycles. The van der Waals surface area contributed by atoms with E-state index in [1.807, 2.05) is 38.2 Å². The summed E-state index contributed by atoms with van der Waals surface area (Å²) < 4.78 is 11.1. The van der Waals surface area contributed by atoms with Crippen LogP contribution in [0.25, 0.3) is 23.8 Å². The number of H-pyrrole nitrogens is 2. The van der Waals surface area contributed by atoms with Crippen LogP contribution in [0.3, 0.4) is 0 Å². The first-order valence-electron chi connectivity index (χ1n) is 25.1. The molecule has 11 nitrogen and oxygen atoms in total. The SMILES string of the molecule is CC[C@H]1/C2=C\c3[nH]c4c(c3C)C(=O)[C@H](C(=O)OC)/C4=C3/N/C(=C\c4[nH]c(c(C(C)O)c4C)/C=C(\N2)[C@@H]1CO)[C@@H](C)[C@@H]3CCC(=O)OC/C=C(\C)CCC[C@H](C)CCC[C@H](C)CCCC(C)C. The Balaban J connectivity index is 1.22. The van der Waals surface area contributed by atoms with Crippen LogP contribution in [-0.2, 0) is 19.1 Å². The number of esters is 2. The Kier molecular flexibility index (Phi) is 17.3. The molecule has 1 aliphatic carbocycles. The van der Waals surface area contributed by atoms with E-state index in [1.165, 1.54) is 57.6 Å². The summed E-state index contributed by atoms with van der Waals surface area (Å²) in [5.41, 5.74) is 10.7. The zero-order chi connectivity index (χ0) is 48.0. The Morgan fingerprint density at radius 3 is 2.06 bits per heavy atom. The minimum atomic E-state index is -1.19. The number of rotatable bonds is 21. The van der Waals surface area contributed by atoms with Crippen LogP contribution in [0.15, 0.2) is 34.4 Å². The van der Waals surface area contributed by atoms with Gasteiger partial charge in [0.2, 0.25) is 0 Å². The smallest absolute Gasteiger partial charge is 0.321 e. The zero-order valence-corrected chi connectivity index (χ0v) is 41.8. The number of aliphatic hydroxyl groups excluding tert-OH is 2. The number of hydrogen-bond donors (Lipinski definition) is 6. The lowest BCUT2D eigenvalue weighted by molar-refractivity contribution is -0.143. The minimum Gasteiger partial charge on any atom is -0.468 e. The highest BCUT2D eigenvalue weighted by Gasteiger charge is 2.49. The van der Waals surface area contributed by atoms with Crippen LogP contribution in [0.1, 0.15) is 188 Å². The molecular formula is C55H80N4O7. The maximum Gasteiger partial charge on any atom is 0.321 e. The van der Waals surface area contributed by atoms with Crippen molar-refractivity contribution in [1.29, 1.82) is 0 Å². The number of aliphatic hydroxyl groups is 2. The van der Waals surface area contributed by atoms with Crippen LogP contribution in [0, 0.1) is 61.2 Å². The molecule has 4 aliphatic rings. The quantitative estimate of drug-likeness (QED) is 0.0406. The molecular weight excluding hydrogens is 829 g/mol. The van der Waals surface area contributed by atoms with Gasteiger partial charge in [-0.2, -0.15) is 0 Å². The van der Waals surface area contributed by atoms with Crippen LogP contribution in [0.5, 0.6) is 0 Å². The second kappa shape index (κ2) is 22.5.